The van der Waals surface area contributed by atoms with Crippen molar-refractivity contribution in [2.45, 2.75) is 19.0 Å². The number of hydrogen-bond acceptors (Lipinski definition) is 4. The molecule has 2 N–H and O–H groups in total. The van der Waals surface area contributed by atoms with Gasteiger partial charge >= 0.3 is 6.18 Å². The van der Waals surface area contributed by atoms with Crippen molar-refractivity contribution in [1.29, 1.82) is 0 Å². The molecule has 1 aromatic rings. The number of alkyl halides is 3. The summed E-state index contributed by atoms with van der Waals surface area (Å²) in [5.41, 5.74) is 4.51. The van der Waals surface area contributed by atoms with Gasteiger partial charge in [-0.25, -0.2) is 4.98 Å². The largest absolute Gasteiger partial charge is 0.421 e. The van der Waals surface area contributed by atoms with E-state index in [0.717, 1.165) is 19.0 Å². The minimum Gasteiger partial charge on any atom is -0.368 e. The Bertz CT molecular complexity index is 385. The van der Waals surface area contributed by atoms with Crippen LogP contribution in [-0.4, -0.2) is 23.1 Å². The third-order valence-electron chi connectivity index (χ3n) is 2.50. The molecular weight excluding hydrogens is 221 g/mol. The smallest absolute Gasteiger partial charge is 0.368 e. The van der Waals surface area contributed by atoms with Gasteiger partial charge in [-0.2, -0.15) is 18.2 Å². The molecule has 0 saturated carbocycles. The van der Waals surface area contributed by atoms with Crippen molar-refractivity contribution < 1.29 is 13.2 Å². The average molecular weight is 232 g/mol. The van der Waals surface area contributed by atoms with Crippen molar-refractivity contribution in [2.24, 2.45) is 0 Å². The fourth-order valence-corrected chi connectivity index (χ4v) is 1.76. The normalized spacial score (nSPS) is 16.8. The highest BCUT2D eigenvalue weighted by Gasteiger charge is 2.37. The van der Waals surface area contributed by atoms with Gasteiger partial charge in [-0.3, -0.25) is 0 Å². The number of anilines is 2. The number of nitrogens with two attached hydrogens (primary N) is 1. The average Bonchev–Trinajstić information content (AvgIpc) is 2.68. The first kappa shape index (κ1) is 11.0. The molecule has 1 fully saturated rings. The van der Waals surface area contributed by atoms with Gasteiger partial charge in [0.15, 0.2) is 0 Å². The maximum Gasteiger partial charge on any atom is 0.421 e. The van der Waals surface area contributed by atoms with E-state index in [0.29, 0.717) is 13.1 Å². The van der Waals surface area contributed by atoms with Crippen molar-refractivity contribution in [3.8, 4) is 0 Å². The van der Waals surface area contributed by atoms with E-state index in [1.165, 1.54) is 0 Å². The summed E-state index contributed by atoms with van der Waals surface area (Å²) in [5.74, 6) is -0.229. The number of hydrogen-bond donors (Lipinski definition) is 1. The van der Waals surface area contributed by atoms with Gasteiger partial charge in [-0.05, 0) is 12.8 Å². The molecule has 0 atom stereocenters. The van der Waals surface area contributed by atoms with Crippen LogP contribution in [-0.2, 0) is 6.18 Å². The molecule has 1 aliphatic heterocycles. The number of aromatic nitrogens is 2. The van der Waals surface area contributed by atoms with Gasteiger partial charge in [-0.1, -0.05) is 0 Å². The number of nitrogens with zero attached hydrogens (tertiary/aromatic N) is 3. The van der Waals surface area contributed by atoms with Gasteiger partial charge in [0.2, 0.25) is 5.95 Å². The van der Waals surface area contributed by atoms with Crippen LogP contribution in [0.15, 0.2) is 6.20 Å². The van der Waals surface area contributed by atoms with Gasteiger partial charge < -0.3 is 10.6 Å². The molecule has 1 aliphatic rings. The van der Waals surface area contributed by atoms with Crippen LogP contribution in [0, 0.1) is 0 Å². The van der Waals surface area contributed by atoms with Crippen molar-refractivity contribution >= 4 is 11.8 Å². The summed E-state index contributed by atoms with van der Waals surface area (Å²) in [5, 5.41) is 0. The summed E-state index contributed by atoms with van der Waals surface area (Å²) >= 11 is 0. The van der Waals surface area contributed by atoms with E-state index in [1.54, 1.807) is 4.90 Å². The first-order valence-corrected chi connectivity index (χ1v) is 4.93. The number of nitrogen functional groups attached to an aromatic ring is 1. The Kier molecular flexibility index (Phi) is 2.61. The molecule has 2 rings (SSSR count). The van der Waals surface area contributed by atoms with Crippen molar-refractivity contribution in [1.82, 2.24) is 9.97 Å². The summed E-state index contributed by atoms with van der Waals surface area (Å²) in [6.45, 7) is 1.17. The van der Waals surface area contributed by atoms with Crippen LogP contribution in [0.25, 0.3) is 0 Å². The lowest BCUT2D eigenvalue weighted by Gasteiger charge is -2.20. The van der Waals surface area contributed by atoms with E-state index in [-0.39, 0.29) is 11.8 Å². The molecule has 4 nitrogen and oxygen atoms in total. The van der Waals surface area contributed by atoms with Crippen LogP contribution in [0.3, 0.4) is 0 Å². The molecule has 1 aromatic heterocycles. The zero-order valence-corrected chi connectivity index (χ0v) is 8.46. The third-order valence-corrected chi connectivity index (χ3v) is 2.50. The fraction of sp³-hybridized carbons (Fsp3) is 0.556. The predicted octanol–water partition coefficient (Wildman–Crippen LogP) is 1.68. The van der Waals surface area contributed by atoms with Crippen molar-refractivity contribution in [2.75, 3.05) is 23.7 Å². The highest BCUT2D eigenvalue weighted by Crippen LogP contribution is 2.36. The Morgan fingerprint density at radius 3 is 2.44 bits per heavy atom. The second kappa shape index (κ2) is 3.80. The topological polar surface area (TPSA) is 55.0 Å². The molecule has 0 radical (unpaired) electrons. The van der Waals surface area contributed by atoms with E-state index in [1.807, 2.05) is 0 Å². The van der Waals surface area contributed by atoms with Crippen molar-refractivity contribution in [3.05, 3.63) is 11.8 Å². The van der Waals surface area contributed by atoms with Crippen LogP contribution in [0.5, 0.6) is 0 Å². The summed E-state index contributed by atoms with van der Waals surface area (Å²) < 4.78 is 38.1. The van der Waals surface area contributed by atoms with Gasteiger partial charge in [0.25, 0.3) is 0 Å². The van der Waals surface area contributed by atoms with Gasteiger partial charge in [-0.15, -0.1) is 0 Å². The molecule has 0 bridgehead atoms. The van der Waals surface area contributed by atoms with Crippen molar-refractivity contribution in [3.63, 3.8) is 0 Å². The molecule has 0 amide bonds. The lowest BCUT2D eigenvalue weighted by molar-refractivity contribution is -0.137. The molecule has 1 saturated heterocycles. The molecular formula is C9H11F3N4. The fourth-order valence-electron chi connectivity index (χ4n) is 1.76. The molecule has 0 unspecified atom stereocenters. The molecule has 88 valence electrons. The maximum absolute atomic E-state index is 12.7. The van der Waals surface area contributed by atoms with Crippen LogP contribution in [0.4, 0.5) is 24.9 Å². The summed E-state index contributed by atoms with van der Waals surface area (Å²) in [4.78, 5) is 8.69. The Hall–Kier alpha value is -1.53. The lowest BCUT2D eigenvalue weighted by atomic mass is 10.3. The van der Waals surface area contributed by atoms with Crippen LogP contribution < -0.4 is 10.6 Å². The molecule has 0 aliphatic carbocycles. The van der Waals surface area contributed by atoms with Crippen LogP contribution >= 0.6 is 0 Å². The quantitative estimate of drug-likeness (QED) is 0.800. The van der Waals surface area contributed by atoms with Gasteiger partial charge in [0.1, 0.15) is 11.4 Å². The Morgan fingerprint density at radius 2 is 1.88 bits per heavy atom. The second-order valence-corrected chi connectivity index (χ2v) is 3.66. The van der Waals surface area contributed by atoms with E-state index < -0.39 is 11.7 Å². The zero-order chi connectivity index (χ0) is 11.8. The molecule has 7 heteroatoms. The molecule has 16 heavy (non-hydrogen) atoms. The highest BCUT2D eigenvalue weighted by molar-refractivity contribution is 5.50. The van der Waals surface area contributed by atoms with Crippen LogP contribution in [0.1, 0.15) is 18.4 Å². The lowest BCUT2D eigenvalue weighted by Crippen LogP contribution is -2.24. The third kappa shape index (κ3) is 2.02. The molecule has 0 spiro atoms. The SMILES string of the molecule is Nc1ncc(C(F)(F)F)c(N2CCCC2)n1. The standard InChI is InChI=1S/C9H11F3N4/c10-9(11,12)6-5-14-8(13)15-7(6)16-3-1-2-4-16/h5H,1-4H2,(H2,13,14,15). The molecule has 2 heterocycles. The van der Waals surface area contributed by atoms with E-state index in [2.05, 4.69) is 9.97 Å². The number of rotatable bonds is 1. The maximum atomic E-state index is 12.7. The van der Waals surface area contributed by atoms with Gasteiger partial charge in [0, 0.05) is 19.3 Å². The second-order valence-electron chi connectivity index (χ2n) is 3.66. The summed E-state index contributed by atoms with van der Waals surface area (Å²) in [6.07, 6.45) is -1.94. The van der Waals surface area contributed by atoms with E-state index in [4.69, 9.17) is 5.73 Å². The minimum atomic E-state index is -4.44. The van der Waals surface area contributed by atoms with E-state index >= 15 is 0 Å². The van der Waals surface area contributed by atoms with Gasteiger partial charge in [0.05, 0.1) is 0 Å². The predicted molar refractivity (Wildman–Crippen MR) is 52.9 cm³/mol. The summed E-state index contributed by atoms with van der Waals surface area (Å²) in [7, 11) is 0. The summed E-state index contributed by atoms with van der Waals surface area (Å²) in [6, 6.07) is 0. The Balaban J connectivity index is 2.43. The first-order valence-electron chi connectivity index (χ1n) is 4.93. The minimum absolute atomic E-state index is 0.0995. The zero-order valence-electron chi connectivity index (χ0n) is 8.46. The van der Waals surface area contributed by atoms with Crippen LogP contribution in [0.2, 0.25) is 0 Å². The Labute approximate surface area is 90.3 Å². The highest BCUT2D eigenvalue weighted by atomic mass is 19.4. The molecule has 0 aromatic carbocycles. The van der Waals surface area contributed by atoms with E-state index in [9.17, 15) is 13.2 Å². The first-order chi connectivity index (χ1) is 7.48. The monoisotopic (exact) mass is 232 g/mol. The number of halogens is 3. The Morgan fingerprint density at radius 1 is 1.25 bits per heavy atom.